The molecule has 3 heterocycles. The lowest BCUT2D eigenvalue weighted by Crippen LogP contribution is -2.13. The molecule has 3 nitrogen and oxygen atoms in total. The van der Waals surface area contributed by atoms with E-state index in [2.05, 4.69) is 72.6 Å². The molecule has 0 N–H and O–H groups in total. The van der Waals surface area contributed by atoms with Crippen molar-refractivity contribution in [3.8, 4) is 11.3 Å². The van der Waals surface area contributed by atoms with Crippen LogP contribution in [0.2, 0.25) is 0 Å². The number of fused-ring (bicyclic) bond motifs is 3. The molecule has 0 bridgehead atoms. The van der Waals surface area contributed by atoms with Gasteiger partial charge in [0.2, 0.25) is 0 Å². The summed E-state index contributed by atoms with van der Waals surface area (Å²) >= 11 is 0. The predicted octanol–water partition coefficient (Wildman–Crippen LogP) is 4.85. The van der Waals surface area contributed by atoms with E-state index in [9.17, 15) is 0 Å². The van der Waals surface area contributed by atoms with Gasteiger partial charge in [-0.3, -0.25) is 9.38 Å². The van der Waals surface area contributed by atoms with Gasteiger partial charge in [-0.1, -0.05) is 51.1 Å². The fourth-order valence-electron chi connectivity index (χ4n) is 2.92. The van der Waals surface area contributed by atoms with E-state index in [1.165, 1.54) is 5.56 Å². The molecule has 23 heavy (non-hydrogen) atoms. The number of pyridine rings is 2. The average molecular weight is 301 g/mol. The number of imidazole rings is 1. The van der Waals surface area contributed by atoms with E-state index in [0.29, 0.717) is 0 Å². The Kier molecular flexibility index (Phi) is 2.98. The van der Waals surface area contributed by atoms with Gasteiger partial charge >= 0.3 is 0 Å². The quantitative estimate of drug-likeness (QED) is 0.503. The van der Waals surface area contributed by atoms with Crippen LogP contribution in [-0.2, 0) is 5.41 Å². The van der Waals surface area contributed by atoms with Crippen LogP contribution in [0.15, 0.2) is 60.9 Å². The molecule has 3 aromatic heterocycles. The summed E-state index contributed by atoms with van der Waals surface area (Å²) in [5.74, 6) is 0. The fourth-order valence-corrected chi connectivity index (χ4v) is 2.92. The number of nitrogens with zero attached hydrogens (tertiary/aromatic N) is 3. The Morgan fingerprint density at radius 3 is 2.48 bits per heavy atom. The molecule has 0 saturated heterocycles. The molecule has 0 atom stereocenters. The van der Waals surface area contributed by atoms with Gasteiger partial charge in [-0.05, 0) is 23.8 Å². The lowest BCUT2D eigenvalue weighted by molar-refractivity contribution is 0.571. The molecular formula is C20H19N3. The predicted molar refractivity (Wildman–Crippen MR) is 94.6 cm³/mol. The van der Waals surface area contributed by atoms with Gasteiger partial charge in [-0.25, -0.2) is 4.98 Å². The van der Waals surface area contributed by atoms with Crippen molar-refractivity contribution in [2.45, 2.75) is 26.2 Å². The molecular weight excluding hydrogens is 282 g/mol. The Hall–Kier alpha value is -2.68. The Morgan fingerprint density at radius 1 is 0.957 bits per heavy atom. The third kappa shape index (κ3) is 2.29. The molecule has 3 heteroatoms. The highest BCUT2D eigenvalue weighted by Crippen LogP contribution is 2.29. The molecule has 0 fully saturated rings. The first-order valence-electron chi connectivity index (χ1n) is 7.87. The lowest BCUT2D eigenvalue weighted by atomic mass is 9.91. The van der Waals surface area contributed by atoms with Crippen molar-refractivity contribution in [2.24, 2.45) is 0 Å². The second-order valence-electron chi connectivity index (χ2n) is 6.90. The van der Waals surface area contributed by atoms with Crippen LogP contribution in [0.5, 0.6) is 0 Å². The molecule has 0 saturated carbocycles. The summed E-state index contributed by atoms with van der Waals surface area (Å²) < 4.78 is 2.14. The average Bonchev–Trinajstić information content (AvgIpc) is 3.03. The van der Waals surface area contributed by atoms with Gasteiger partial charge in [-0.2, -0.15) is 0 Å². The summed E-state index contributed by atoms with van der Waals surface area (Å²) in [5.41, 5.74) is 5.36. The van der Waals surface area contributed by atoms with Gasteiger partial charge < -0.3 is 0 Å². The van der Waals surface area contributed by atoms with Crippen LogP contribution in [0.1, 0.15) is 26.5 Å². The molecule has 0 aliphatic rings. The Morgan fingerprint density at radius 2 is 1.74 bits per heavy atom. The molecule has 0 radical (unpaired) electrons. The SMILES string of the molecule is CC(C)(C)c1ccc2c(cc(-c3ccccc3)n3ccnc23)n1. The van der Waals surface area contributed by atoms with Crippen LogP contribution in [0.25, 0.3) is 27.8 Å². The number of aromatic nitrogens is 3. The van der Waals surface area contributed by atoms with E-state index >= 15 is 0 Å². The summed E-state index contributed by atoms with van der Waals surface area (Å²) in [6.07, 6.45) is 3.85. The van der Waals surface area contributed by atoms with Crippen molar-refractivity contribution in [3.05, 3.63) is 66.6 Å². The van der Waals surface area contributed by atoms with E-state index in [-0.39, 0.29) is 5.41 Å². The summed E-state index contributed by atoms with van der Waals surface area (Å²) in [6, 6.07) is 16.8. The smallest absolute Gasteiger partial charge is 0.146 e. The maximum atomic E-state index is 4.91. The van der Waals surface area contributed by atoms with Crippen molar-refractivity contribution < 1.29 is 0 Å². The molecule has 0 aliphatic carbocycles. The Labute approximate surface area is 135 Å². The van der Waals surface area contributed by atoms with E-state index in [1.54, 1.807) is 0 Å². The normalized spacial score (nSPS) is 12.1. The van der Waals surface area contributed by atoms with Crippen molar-refractivity contribution >= 4 is 16.6 Å². The zero-order chi connectivity index (χ0) is 16.0. The van der Waals surface area contributed by atoms with Crippen molar-refractivity contribution in [1.29, 1.82) is 0 Å². The maximum absolute atomic E-state index is 4.91. The molecule has 0 amide bonds. The first-order chi connectivity index (χ1) is 11.0. The second-order valence-corrected chi connectivity index (χ2v) is 6.90. The minimum absolute atomic E-state index is 0.0304. The van der Waals surface area contributed by atoms with Crippen LogP contribution in [0.4, 0.5) is 0 Å². The molecule has 114 valence electrons. The van der Waals surface area contributed by atoms with Crippen LogP contribution >= 0.6 is 0 Å². The topological polar surface area (TPSA) is 30.2 Å². The number of rotatable bonds is 1. The van der Waals surface area contributed by atoms with Gasteiger partial charge in [-0.15, -0.1) is 0 Å². The van der Waals surface area contributed by atoms with E-state index in [1.807, 2.05) is 18.5 Å². The first kappa shape index (κ1) is 13.9. The highest BCUT2D eigenvalue weighted by atomic mass is 15.0. The van der Waals surface area contributed by atoms with E-state index < -0.39 is 0 Å². The monoisotopic (exact) mass is 301 g/mol. The molecule has 4 aromatic rings. The largest absolute Gasteiger partial charge is 0.299 e. The summed E-state index contributed by atoms with van der Waals surface area (Å²) in [6.45, 7) is 6.56. The molecule has 0 spiro atoms. The van der Waals surface area contributed by atoms with Crippen LogP contribution in [0, 0.1) is 0 Å². The zero-order valence-electron chi connectivity index (χ0n) is 13.6. The summed E-state index contributed by atoms with van der Waals surface area (Å²) in [4.78, 5) is 9.46. The van der Waals surface area contributed by atoms with Gasteiger partial charge in [0.05, 0.1) is 11.2 Å². The standard InChI is InChI=1S/C20H19N3/c1-20(2,3)18-10-9-15-16(22-18)13-17(14-7-5-4-6-8-14)23-12-11-21-19(15)23/h4-13H,1-3H3. The highest BCUT2D eigenvalue weighted by molar-refractivity contribution is 5.94. The third-order valence-electron chi connectivity index (χ3n) is 4.18. The summed E-state index contributed by atoms with van der Waals surface area (Å²) in [5, 5.41) is 1.09. The lowest BCUT2D eigenvalue weighted by Gasteiger charge is -2.18. The third-order valence-corrected chi connectivity index (χ3v) is 4.18. The minimum atomic E-state index is 0.0304. The van der Waals surface area contributed by atoms with Gasteiger partial charge in [0.15, 0.2) is 0 Å². The van der Waals surface area contributed by atoms with Crippen LogP contribution < -0.4 is 0 Å². The van der Waals surface area contributed by atoms with Crippen molar-refractivity contribution in [1.82, 2.24) is 14.4 Å². The van der Waals surface area contributed by atoms with Crippen molar-refractivity contribution in [3.63, 3.8) is 0 Å². The molecule has 0 aliphatic heterocycles. The molecule has 4 rings (SSSR count). The van der Waals surface area contributed by atoms with Gasteiger partial charge in [0, 0.05) is 28.9 Å². The Bertz CT molecular complexity index is 992. The maximum Gasteiger partial charge on any atom is 0.146 e. The van der Waals surface area contributed by atoms with Crippen LogP contribution in [0.3, 0.4) is 0 Å². The Balaban J connectivity index is 2.07. The summed E-state index contributed by atoms with van der Waals surface area (Å²) in [7, 11) is 0. The van der Waals surface area contributed by atoms with Crippen molar-refractivity contribution in [2.75, 3.05) is 0 Å². The van der Waals surface area contributed by atoms with Crippen LogP contribution in [-0.4, -0.2) is 14.4 Å². The number of hydrogen-bond acceptors (Lipinski definition) is 2. The first-order valence-corrected chi connectivity index (χ1v) is 7.87. The fraction of sp³-hybridized carbons (Fsp3) is 0.200. The van der Waals surface area contributed by atoms with Gasteiger partial charge in [0.1, 0.15) is 5.65 Å². The second kappa shape index (κ2) is 4.92. The number of hydrogen-bond donors (Lipinski definition) is 0. The molecule has 0 unspecified atom stereocenters. The van der Waals surface area contributed by atoms with E-state index in [4.69, 9.17) is 4.98 Å². The van der Waals surface area contributed by atoms with E-state index in [0.717, 1.165) is 27.9 Å². The molecule has 1 aromatic carbocycles. The number of benzene rings is 1. The van der Waals surface area contributed by atoms with Gasteiger partial charge in [0.25, 0.3) is 0 Å². The highest BCUT2D eigenvalue weighted by Gasteiger charge is 2.17. The minimum Gasteiger partial charge on any atom is -0.299 e. The zero-order valence-corrected chi connectivity index (χ0v) is 13.6.